The minimum Gasteiger partial charge on any atom is -0.508 e. The predicted octanol–water partition coefficient (Wildman–Crippen LogP) is 3.81. The van der Waals surface area contributed by atoms with Gasteiger partial charge in [0.25, 0.3) is 0 Å². The van der Waals surface area contributed by atoms with E-state index in [-0.39, 0.29) is 0 Å². The number of phenolic OH excluding ortho intramolecular Hbond substituents is 1. The predicted molar refractivity (Wildman–Crippen MR) is 81.0 cm³/mol. The Labute approximate surface area is 125 Å². The van der Waals surface area contributed by atoms with Gasteiger partial charge >= 0.3 is 0 Å². The molecule has 2 aromatic rings. The molecule has 1 aromatic carbocycles. The van der Waals surface area contributed by atoms with E-state index in [9.17, 15) is 5.11 Å². The van der Waals surface area contributed by atoms with E-state index in [1.165, 1.54) is 24.8 Å². The molecule has 112 valence electrons. The van der Waals surface area contributed by atoms with Crippen LogP contribution in [0.2, 0.25) is 0 Å². The molecule has 21 heavy (non-hydrogen) atoms. The topological polar surface area (TPSA) is 49.5 Å². The van der Waals surface area contributed by atoms with Crippen molar-refractivity contribution < 1.29 is 9.63 Å². The summed E-state index contributed by atoms with van der Waals surface area (Å²) in [5.41, 5.74) is 2.16. The van der Waals surface area contributed by atoms with Crippen LogP contribution in [0, 0.1) is 6.92 Å². The van der Waals surface area contributed by atoms with E-state index in [1.54, 1.807) is 12.1 Å². The van der Waals surface area contributed by atoms with Crippen LogP contribution in [-0.4, -0.2) is 21.7 Å². The Morgan fingerprint density at radius 2 is 2.05 bits per heavy atom. The van der Waals surface area contributed by atoms with Gasteiger partial charge in [-0.15, -0.1) is 0 Å². The molecule has 0 saturated carbocycles. The average molecular weight is 286 g/mol. The van der Waals surface area contributed by atoms with Crippen molar-refractivity contribution in [3.63, 3.8) is 0 Å². The summed E-state index contributed by atoms with van der Waals surface area (Å²) in [5.74, 6) is 1.30. The van der Waals surface area contributed by atoms with Crippen LogP contribution >= 0.6 is 0 Å². The largest absolute Gasteiger partial charge is 0.508 e. The zero-order valence-corrected chi connectivity index (χ0v) is 12.5. The van der Waals surface area contributed by atoms with Crippen molar-refractivity contribution >= 4 is 0 Å². The minimum absolute atomic E-state index is 0.308. The van der Waals surface area contributed by atoms with Gasteiger partial charge in [0.15, 0.2) is 5.76 Å². The lowest BCUT2D eigenvalue weighted by molar-refractivity contribution is 0.160. The molecule has 0 spiro atoms. The van der Waals surface area contributed by atoms with E-state index in [1.807, 2.05) is 19.1 Å². The third kappa shape index (κ3) is 3.45. The fourth-order valence-corrected chi connectivity index (χ4v) is 3.06. The normalized spacial score (nSPS) is 20.3. The molecule has 4 nitrogen and oxygen atoms in total. The summed E-state index contributed by atoms with van der Waals surface area (Å²) in [7, 11) is 0. The van der Waals surface area contributed by atoms with E-state index in [4.69, 9.17) is 4.52 Å². The molecular formula is C17H22N2O2. The van der Waals surface area contributed by atoms with Crippen molar-refractivity contribution in [1.29, 1.82) is 0 Å². The second-order valence-electron chi connectivity index (χ2n) is 5.87. The highest BCUT2D eigenvalue weighted by molar-refractivity contribution is 5.26. The monoisotopic (exact) mass is 286 g/mol. The van der Waals surface area contributed by atoms with E-state index in [0.29, 0.717) is 11.8 Å². The number of aromatic nitrogens is 1. The number of benzene rings is 1. The van der Waals surface area contributed by atoms with Crippen molar-refractivity contribution in [1.82, 2.24) is 10.1 Å². The summed E-state index contributed by atoms with van der Waals surface area (Å²) in [6.45, 7) is 3.92. The Morgan fingerprint density at radius 3 is 2.76 bits per heavy atom. The van der Waals surface area contributed by atoms with Gasteiger partial charge in [-0.05, 0) is 44.0 Å². The van der Waals surface area contributed by atoms with Gasteiger partial charge in [0, 0.05) is 12.6 Å². The van der Waals surface area contributed by atoms with Gasteiger partial charge in [0.2, 0.25) is 0 Å². The Kier molecular flexibility index (Phi) is 4.25. The Bertz CT molecular complexity index is 577. The highest BCUT2D eigenvalue weighted by Gasteiger charge is 2.25. The highest BCUT2D eigenvalue weighted by Crippen LogP contribution is 2.31. The van der Waals surface area contributed by atoms with Gasteiger partial charge in [0.1, 0.15) is 5.75 Å². The zero-order valence-electron chi connectivity index (χ0n) is 12.5. The first-order valence-corrected chi connectivity index (χ1v) is 7.67. The molecular weight excluding hydrogens is 264 g/mol. The summed E-state index contributed by atoms with van der Waals surface area (Å²) in [6.07, 6.45) is 4.85. The van der Waals surface area contributed by atoms with E-state index < -0.39 is 0 Å². The molecule has 0 aliphatic carbocycles. The maximum Gasteiger partial charge on any atom is 0.154 e. The second-order valence-corrected chi connectivity index (χ2v) is 5.87. The van der Waals surface area contributed by atoms with Crippen LogP contribution in [0.15, 0.2) is 34.9 Å². The zero-order chi connectivity index (χ0) is 14.7. The minimum atomic E-state index is 0.308. The van der Waals surface area contributed by atoms with Crippen LogP contribution < -0.4 is 0 Å². The molecule has 1 fully saturated rings. The van der Waals surface area contributed by atoms with Crippen molar-refractivity contribution in [2.75, 3.05) is 6.54 Å². The fourth-order valence-electron chi connectivity index (χ4n) is 3.06. The molecule has 0 amide bonds. The number of aromatic hydroxyl groups is 1. The number of nitrogens with zero attached hydrogens (tertiary/aromatic N) is 2. The Hall–Kier alpha value is -1.81. The smallest absolute Gasteiger partial charge is 0.154 e. The van der Waals surface area contributed by atoms with E-state index >= 15 is 0 Å². The lowest BCUT2D eigenvalue weighted by atomic mass is 10.1. The summed E-state index contributed by atoms with van der Waals surface area (Å²) in [4.78, 5) is 2.47. The third-order valence-electron chi connectivity index (χ3n) is 4.16. The summed E-state index contributed by atoms with van der Waals surface area (Å²) >= 11 is 0. The van der Waals surface area contributed by atoms with Gasteiger partial charge in [-0.1, -0.05) is 30.1 Å². The first kappa shape index (κ1) is 14.1. The molecule has 1 aromatic heterocycles. The number of hydrogen-bond acceptors (Lipinski definition) is 4. The van der Waals surface area contributed by atoms with Crippen molar-refractivity contribution in [2.24, 2.45) is 0 Å². The quantitative estimate of drug-likeness (QED) is 0.932. The van der Waals surface area contributed by atoms with Crippen LogP contribution in [0.1, 0.15) is 48.7 Å². The molecule has 1 aliphatic rings. The SMILES string of the molecule is Cc1cc(C2CCCCCN2Cc2ccc(O)cc2)on1. The van der Waals surface area contributed by atoms with Crippen LogP contribution in [0.5, 0.6) is 5.75 Å². The Morgan fingerprint density at radius 1 is 1.24 bits per heavy atom. The number of rotatable bonds is 3. The van der Waals surface area contributed by atoms with E-state index in [2.05, 4.69) is 16.1 Å². The molecule has 0 radical (unpaired) electrons. The van der Waals surface area contributed by atoms with Gasteiger partial charge in [0.05, 0.1) is 11.7 Å². The van der Waals surface area contributed by atoms with Gasteiger partial charge in [-0.3, -0.25) is 4.90 Å². The molecule has 0 bridgehead atoms. The maximum atomic E-state index is 9.40. The first-order valence-electron chi connectivity index (χ1n) is 7.67. The molecule has 1 aliphatic heterocycles. The van der Waals surface area contributed by atoms with E-state index in [0.717, 1.165) is 31.0 Å². The molecule has 4 heteroatoms. The Balaban J connectivity index is 1.80. The third-order valence-corrected chi connectivity index (χ3v) is 4.16. The van der Waals surface area contributed by atoms with Gasteiger partial charge in [-0.2, -0.15) is 0 Å². The molecule has 2 heterocycles. The van der Waals surface area contributed by atoms with Crippen molar-refractivity contribution in [3.8, 4) is 5.75 Å². The summed E-state index contributed by atoms with van der Waals surface area (Å²) < 4.78 is 5.51. The van der Waals surface area contributed by atoms with Crippen LogP contribution in [0.25, 0.3) is 0 Å². The molecule has 1 atom stereocenters. The van der Waals surface area contributed by atoms with Crippen molar-refractivity contribution in [2.45, 2.75) is 45.2 Å². The average Bonchev–Trinajstić information content (AvgIpc) is 2.77. The first-order chi connectivity index (χ1) is 10.2. The number of phenols is 1. The lowest BCUT2D eigenvalue weighted by Crippen LogP contribution is -2.27. The van der Waals surface area contributed by atoms with Crippen LogP contribution in [-0.2, 0) is 6.54 Å². The number of likely N-dealkylation sites (tertiary alicyclic amines) is 1. The lowest BCUT2D eigenvalue weighted by Gasteiger charge is -2.28. The maximum absolute atomic E-state index is 9.40. The number of hydrogen-bond donors (Lipinski definition) is 1. The standard InChI is InChI=1S/C17H22N2O2/c1-13-11-17(21-18-13)16-5-3-2-4-10-19(16)12-14-6-8-15(20)9-7-14/h6-9,11,16,20H,2-5,10,12H2,1H3. The summed E-state index contributed by atoms with van der Waals surface area (Å²) in [6, 6.07) is 9.84. The summed E-state index contributed by atoms with van der Waals surface area (Å²) in [5, 5.41) is 13.4. The van der Waals surface area contributed by atoms with Gasteiger partial charge in [-0.25, -0.2) is 0 Å². The number of aryl methyl sites for hydroxylation is 1. The van der Waals surface area contributed by atoms with Crippen LogP contribution in [0.3, 0.4) is 0 Å². The fraction of sp³-hybridized carbons (Fsp3) is 0.471. The second kappa shape index (κ2) is 6.31. The highest BCUT2D eigenvalue weighted by atomic mass is 16.5. The molecule has 3 rings (SSSR count). The molecule has 1 N–H and O–H groups in total. The molecule has 1 unspecified atom stereocenters. The van der Waals surface area contributed by atoms with Gasteiger partial charge < -0.3 is 9.63 Å². The van der Waals surface area contributed by atoms with Crippen molar-refractivity contribution in [3.05, 3.63) is 47.3 Å². The van der Waals surface area contributed by atoms with Crippen LogP contribution in [0.4, 0.5) is 0 Å². The molecule has 1 saturated heterocycles.